The highest BCUT2D eigenvalue weighted by atomic mass is 32.2. The number of sulfone groups is 1. The number of aliphatic hydroxyl groups is 1. The van der Waals surface area contributed by atoms with Crippen molar-refractivity contribution in [3.8, 4) is 11.1 Å². The lowest BCUT2D eigenvalue weighted by atomic mass is 9.80. The van der Waals surface area contributed by atoms with Crippen molar-refractivity contribution >= 4 is 146 Å². The number of nitrogens with one attached hydrogen (secondary N) is 4. The maximum absolute atomic E-state index is 14.2. The molecule has 0 saturated heterocycles. The number of amides is 1. The fraction of sp³-hybridized carbons (Fsp3) is 0.106. The molecule has 0 bridgehead atoms. The van der Waals surface area contributed by atoms with Crippen molar-refractivity contribution in [2.75, 3.05) is 41.3 Å². The molecule has 12 rings (SSSR count). The van der Waals surface area contributed by atoms with Gasteiger partial charge in [-0.2, -0.15) is 25.3 Å². The van der Waals surface area contributed by atoms with Crippen LogP contribution in [0, 0.1) is 10.4 Å². The number of fused-ring (bicyclic) bond motifs is 4. The van der Waals surface area contributed by atoms with Gasteiger partial charge in [-0.1, -0.05) is 123 Å². The van der Waals surface area contributed by atoms with Gasteiger partial charge >= 0.3 is 21.2 Å². The van der Waals surface area contributed by atoms with Crippen LogP contribution >= 0.6 is 0 Å². The summed E-state index contributed by atoms with van der Waals surface area (Å²) in [5.41, 5.74) is -1.97. The molecule has 0 spiro atoms. The fourth-order valence-electron chi connectivity index (χ4n) is 11.5. The van der Waals surface area contributed by atoms with E-state index in [-0.39, 0.29) is 111 Å². The quantitative estimate of drug-likeness (QED) is 0.0384. The lowest BCUT2D eigenvalue weighted by Crippen LogP contribution is -2.33. The second-order valence-corrected chi connectivity index (χ2v) is 29.0. The number of aromatic amines is 1. The van der Waals surface area contributed by atoms with E-state index in [0.717, 1.165) is 31.2 Å². The number of aromatic nitrogens is 2. The highest BCUT2D eigenvalue weighted by molar-refractivity contribution is 7.91. The third-order valence-corrected chi connectivity index (χ3v) is 20.2. The van der Waals surface area contributed by atoms with Crippen molar-refractivity contribution in [1.29, 1.82) is 0 Å². The van der Waals surface area contributed by atoms with Crippen molar-refractivity contribution in [2.24, 2.45) is 0 Å². The molecule has 2 heterocycles. The summed E-state index contributed by atoms with van der Waals surface area (Å²) in [6.07, 6.45) is 0. The number of benzene rings is 8. The van der Waals surface area contributed by atoms with E-state index in [0.29, 0.717) is 35.7 Å². The van der Waals surface area contributed by atoms with E-state index in [1.807, 2.05) is 18.7 Å². The Morgan fingerprint density at radius 3 is 1.64 bits per heavy atom. The minimum absolute atomic E-state index is 0.0203. The van der Waals surface area contributed by atoms with Crippen LogP contribution in [-0.4, -0.2) is 135 Å². The van der Waals surface area contributed by atoms with Crippen LogP contribution < -0.4 is 37.7 Å². The number of carbonyl (C=O) groups is 3. The predicted molar refractivity (Wildman–Crippen MR) is 371 cm³/mol. The van der Waals surface area contributed by atoms with Crippen LogP contribution in [0.15, 0.2) is 198 Å². The van der Waals surface area contributed by atoms with E-state index in [1.54, 1.807) is 91.0 Å². The number of H-pyrrole nitrogens is 1. The van der Waals surface area contributed by atoms with Crippen LogP contribution in [0.5, 0.6) is 0 Å². The van der Waals surface area contributed by atoms with Gasteiger partial charge in [0, 0.05) is 62.4 Å². The average molecular weight is 1510 g/mol. The Morgan fingerprint density at radius 1 is 0.539 bits per heavy atom. The first-order chi connectivity index (χ1) is 48.0. The third-order valence-electron chi connectivity index (χ3n) is 15.8. The topological polar surface area (TPSA) is 490 Å². The molecule has 8 N–H and O–H groups in total. The first-order valence-corrected chi connectivity index (χ1v) is 37.4. The van der Waals surface area contributed by atoms with Gasteiger partial charge in [-0.3, -0.25) is 42.4 Å². The number of nitrogens with zero attached hydrogens (tertiary/aromatic N) is 2. The zero-order valence-corrected chi connectivity index (χ0v) is 57.6. The maximum atomic E-state index is 14.2. The lowest BCUT2D eigenvalue weighted by molar-refractivity contribution is -0.114. The van der Waals surface area contributed by atoms with E-state index in [2.05, 4.69) is 25.9 Å². The van der Waals surface area contributed by atoms with Crippen molar-refractivity contribution in [3.05, 3.63) is 238 Å². The van der Waals surface area contributed by atoms with Crippen LogP contribution in [-0.2, 0) is 66.2 Å². The number of hydrogen-bond acceptors (Lipinski definition) is 25. The molecule has 0 radical (unpaired) electrons. The van der Waals surface area contributed by atoms with Gasteiger partial charge in [-0.15, -0.1) is 25.3 Å². The standard InChI is InChI=1S/C35H31N3O8S2.C31H21N3O10S2.2O3S/c1-3-38(4-2)18-19-47(42,43)22-14-17-28(48(44,45)46)27(20-22)36-26-16-15-25-30-29(23-12-8-9-13-24(23)34(40)31(26)30)32(35(41)37-25)33(39)21-10-6-5-7-11-21;1-15(35)32-21-13-22(24(46(42,43)44)14-23(21)45(39,40)41)33-20-12-11-19-26-25(17-9-5-6-10-18(17)30(37)27(20)26)28(31(38)34-19)29(36)16-7-3-2-4-8-16;2*1-4(2)3/h5-17,20,36,39H,3-4,18-19H2,1-2H3,(H,44,45,46);2-14,33H,1H3,(H,32,35)(H,34,38)(H,39,40,41)(H,42,43,44);;. The van der Waals surface area contributed by atoms with Crippen LogP contribution in [0.25, 0.3) is 49.5 Å². The van der Waals surface area contributed by atoms with E-state index in [4.69, 9.17) is 25.3 Å². The molecule has 9 aromatic rings. The van der Waals surface area contributed by atoms with E-state index in [9.17, 15) is 81.2 Å². The number of ketones is 2. The van der Waals surface area contributed by atoms with Crippen LogP contribution in [0.1, 0.15) is 58.2 Å². The molecule has 8 aromatic carbocycles. The molecule has 0 saturated carbocycles. The molecular formula is C66H52N6O24S6. The molecule has 0 unspecified atom stereocenters. The maximum Gasteiger partial charge on any atom is 0.425 e. The molecule has 1 aromatic heterocycles. The lowest BCUT2D eigenvalue weighted by Gasteiger charge is -2.24. The Kier molecular flexibility index (Phi) is 22.0. The third kappa shape index (κ3) is 15.9. The number of pyridine rings is 1. The second-order valence-electron chi connectivity index (χ2n) is 21.9. The minimum Gasteiger partial charge on any atom is -0.506 e. The second kappa shape index (κ2) is 29.9. The average Bonchev–Trinajstić information content (AvgIpc) is 0.719. The Balaban J connectivity index is 0.000000215. The molecule has 36 heteroatoms. The van der Waals surface area contributed by atoms with Gasteiger partial charge in [0.15, 0.2) is 26.8 Å². The number of aliphatic hydroxyl groups excluding tert-OH is 1. The van der Waals surface area contributed by atoms with Crippen molar-refractivity contribution in [2.45, 2.75) is 40.4 Å². The van der Waals surface area contributed by atoms with Gasteiger partial charge < -0.3 is 30.9 Å². The Bertz CT molecular complexity index is 6340. The summed E-state index contributed by atoms with van der Waals surface area (Å²) in [5.74, 6) is -2.51. The molecule has 0 atom stereocenters. The minimum atomic E-state index is -5.18. The summed E-state index contributed by atoms with van der Waals surface area (Å²) >= 11 is 0. The summed E-state index contributed by atoms with van der Waals surface area (Å²) in [4.78, 5) is 86.8. The van der Waals surface area contributed by atoms with Crippen LogP contribution in [0.4, 0.5) is 28.4 Å². The summed E-state index contributed by atoms with van der Waals surface area (Å²) in [7, 11) is -25.3. The SMILES string of the molecule is CC(=O)Nc1cc(Nc2ccc3[nH]c(=O)c(C(=O)c4ccccc4)c4c3c2C(=O)c2ccccc2-4)c(S(=O)(=O)O)cc1S(=O)(=O)O.CCN(CC)CCS(=O)(=O)c1ccc(S(=O)(=O)O)c(Nc2ccc3nc(=O)c(=C(O)c4ccccc4)c4c5ccccc5c(=O)c2c3=4)c1.O=S(=O)=O.O=S(=O)=O. The van der Waals surface area contributed by atoms with E-state index < -0.39 is 121 Å². The summed E-state index contributed by atoms with van der Waals surface area (Å²) in [5, 5.41) is 20.4. The monoisotopic (exact) mass is 1500 g/mol. The molecule has 526 valence electrons. The molecule has 0 fully saturated rings. The van der Waals surface area contributed by atoms with Gasteiger partial charge in [0.1, 0.15) is 20.4 Å². The van der Waals surface area contributed by atoms with Crippen molar-refractivity contribution in [3.63, 3.8) is 0 Å². The number of rotatable bonds is 17. The summed E-state index contributed by atoms with van der Waals surface area (Å²) in [6.45, 7) is 6.42. The van der Waals surface area contributed by atoms with Gasteiger partial charge in [-0.05, 0) is 78.6 Å². The number of anilines is 5. The van der Waals surface area contributed by atoms with Crippen LogP contribution in [0.2, 0.25) is 0 Å². The predicted octanol–water partition coefficient (Wildman–Crippen LogP) is 5.97. The number of hydrogen-bond donors (Lipinski definition) is 8. The molecule has 2 aliphatic carbocycles. The molecule has 30 nitrogen and oxygen atoms in total. The normalized spacial score (nSPS) is 12.2. The van der Waals surface area contributed by atoms with Crippen LogP contribution in [0.3, 0.4) is 0 Å². The molecular weight excluding hydrogens is 1450 g/mol. The smallest absolute Gasteiger partial charge is 0.425 e. The fourth-order valence-corrected chi connectivity index (χ4v) is 14.8. The molecule has 1 aliphatic heterocycles. The van der Waals surface area contributed by atoms with Crippen molar-refractivity contribution in [1.82, 2.24) is 14.9 Å². The Morgan fingerprint density at radius 2 is 1.06 bits per heavy atom. The summed E-state index contributed by atoms with van der Waals surface area (Å²) < 4.78 is 181. The van der Waals surface area contributed by atoms with Gasteiger partial charge in [0.2, 0.25) is 5.91 Å². The molecule has 3 aliphatic rings. The highest BCUT2D eigenvalue weighted by Gasteiger charge is 2.35. The van der Waals surface area contributed by atoms with E-state index in [1.165, 1.54) is 42.5 Å². The Labute approximate surface area is 579 Å². The number of carbonyl (C=O) groups excluding carboxylic acids is 3. The highest BCUT2D eigenvalue weighted by Crippen LogP contribution is 2.45. The Hall–Kier alpha value is -11.2. The first-order valence-electron chi connectivity index (χ1n) is 29.4. The zero-order chi connectivity index (χ0) is 74.7. The largest absolute Gasteiger partial charge is 0.506 e. The van der Waals surface area contributed by atoms with E-state index >= 15 is 0 Å². The van der Waals surface area contributed by atoms with Gasteiger partial charge in [0.25, 0.3) is 41.5 Å². The molecule has 1 amide bonds. The zero-order valence-electron chi connectivity index (χ0n) is 52.7. The first kappa shape index (κ1) is 75.0. The van der Waals surface area contributed by atoms with Gasteiger partial charge in [0.05, 0.1) is 66.3 Å². The van der Waals surface area contributed by atoms with Crippen molar-refractivity contribution < 1.29 is 92.1 Å². The molecule has 102 heavy (non-hydrogen) atoms. The van der Waals surface area contributed by atoms with Gasteiger partial charge in [-0.25, -0.2) is 13.4 Å². The summed E-state index contributed by atoms with van der Waals surface area (Å²) in [6, 6.07) is 39.5.